The normalized spacial score (nSPS) is 20.0. The number of nitrogens with zero attached hydrogens (tertiary/aromatic N) is 3. The van der Waals surface area contributed by atoms with Crippen molar-refractivity contribution in [2.45, 2.75) is 12.5 Å². The second-order valence-corrected chi connectivity index (χ2v) is 7.27. The van der Waals surface area contributed by atoms with Gasteiger partial charge in [-0.15, -0.1) is 0 Å². The fraction of sp³-hybridized carbons (Fsp3) is 0.364. The lowest BCUT2D eigenvalue weighted by Gasteiger charge is -2.45. The molecule has 2 fully saturated rings. The molecule has 0 saturated carbocycles. The van der Waals surface area contributed by atoms with Crippen LogP contribution in [0.25, 0.3) is 0 Å². The summed E-state index contributed by atoms with van der Waals surface area (Å²) >= 11 is 0. The van der Waals surface area contributed by atoms with Gasteiger partial charge in [0.15, 0.2) is 0 Å². The minimum atomic E-state index is 0.0458. The van der Waals surface area contributed by atoms with Crippen LogP contribution in [0, 0.1) is 0 Å². The van der Waals surface area contributed by atoms with Gasteiger partial charge in [-0.2, -0.15) is 0 Å². The molecule has 1 unspecified atom stereocenters. The molecule has 0 spiro atoms. The zero-order valence-electron chi connectivity index (χ0n) is 16.1. The van der Waals surface area contributed by atoms with Crippen molar-refractivity contribution in [3.63, 3.8) is 0 Å². The average molecular weight is 379 g/mol. The highest BCUT2D eigenvalue weighted by Crippen LogP contribution is 2.34. The first-order valence-corrected chi connectivity index (χ1v) is 9.66. The Morgan fingerprint density at radius 2 is 1.68 bits per heavy atom. The number of β-lactam (4-membered cyclic amide) rings is 1. The Kier molecular flexibility index (Phi) is 5.30. The largest absolute Gasteiger partial charge is 0.497 e. The zero-order valence-corrected chi connectivity index (χ0v) is 16.1. The van der Waals surface area contributed by atoms with E-state index in [1.54, 1.807) is 19.2 Å². The molecule has 146 valence electrons. The summed E-state index contributed by atoms with van der Waals surface area (Å²) < 4.78 is 5.15. The van der Waals surface area contributed by atoms with E-state index in [0.29, 0.717) is 31.7 Å². The molecular formula is C22H25N3O3. The first-order valence-electron chi connectivity index (χ1n) is 9.66. The van der Waals surface area contributed by atoms with Crippen molar-refractivity contribution in [3.05, 3.63) is 65.7 Å². The number of carbonyl (C=O) groups excluding carboxylic acids is 2. The van der Waals surface area contributed by atoms with Gasteiger partial charge in [0.05, 0.1) is 26.2 Å². The maximum absolute atomic E-state index is 12.7. The highest BCUT2D eigenvalue weighted by Gasteiger charge is 2.38. The number of hydrogen-bond donors (Lipinski definition) is 0. The highest BCUT2D eigenvalue weighted by molar-refractivity contribution is 5.94. The van der Waals surface area contributed by atoms with Gasteiger partial charge in [0.2, 0.25) is 5.91 Å². The molecule has 2 aromatic rings. The summed E-state index contributed by atoms with van der Waals surface area (Å²) in [5.74, 6) is 0.989. The van der Waals surface area contributed by atoms with E-state index in [2.05, 4.69) is 17.0 Å². The second-order valence-electron chi connectivity index (χ2n) is 7.27. The fourth-order valence-corrected chi connectivity index (χ4v) is 3.83. The molecule has 0 aliphatic carbocycles. The fourth-order valence-electron chi connectivity index (χ4n) is 3.83. The number of likely N-dealkylation sites (tertiary alicyclic amines) is 1. The van der Waals surface area contributed by atoms with Crippen LogP contribution >= 0.6 is 0 Å². The van der Waals surface area contributed by atoms with Gasteiger partial charge in [-0.1, -0.05) is 30.3 Å². The summed E-state index contributed by atoms with van der Waals surface area (Å²) in [7, 11) is 1.61. The Hall–Kier alpha value is -2.86. The maximum Gasteiger partial charge on any atom is 0.253 e. The van der Waals surface area contributed by atoms with Gasteiger partial charge < -0.3 is 14.5 Å². The van der Waals surface area contributed by atoms with Crippen molar-refractivity contribution in [1.29, 1.82) is 0 Å². The number of rotatable bonds is 5. The third-order valence-corrected chi connectivity index (χ3v) is 5.60. The minimum Gasteiger partial charge on any atom is -0.497 e. The van der Waals surface area contributed by atoms with Crippen LogP contribution in [0.4, 0.5) is 0 Å². The molecule has 0 radical (unpaired) electrons. The Bertz CT molecular complexity index is 830. The molecule has 0 aromatic heterocycles. The van der Waals surface area contributed by atoms with Crippen molar-refractivity contribution in [3.8, 4) is 5.75 Å². The Labute approximate surface area is 165 Å². The minimum absolute atomic E-state index is 0.0458. The van der Waals surface area contributed by atoms with E-state index in [0.717, 1.165) is 18.8 Å². The van der Waals surface area contributed by atoms with Gasteiger partial charge >= 0.3 is 0 Å². The molecule has 6 heteroatoms. The van der Waals surface area contributed by atoms with Gasteiger partial charge in [-0.25, -0.2) is 0 Å². The Morgan fingerprint density at radius 1 is 1.00 bits per heavy atom. The van der Waals surface area contributed by atoms with Gasteiger partial charge in [0.1, 0.15) is 5.75 Å². The van der Waals surface area contributed by atoms with Crippen LogP contribution in [0.3, 0.4) is 0 Å². The Morgan fingerprint density at radius 3 is 2.29 bits per heavy atom. The molecular weight excluding hydrogens is 354 g/mol. The number of methoxy groups -OCH3 is 1. The first kappa shape index (κ1) is 18.5. The molecule has 0 bridgehead atoms. The summed E-state index contributed by atoms with van der Waals surface area (Å²) in [5, 5.41) is 0. The van der Waals surface area contributed by atoms with E-state index in [-0.39, 0.29) is 17.9 Å². The standard InChI is InChI=1S/C22H25N3O3/c1-28-19-9-7-18(8-10-19)22(27)24-13-11-23(12-14-24)16-25-20(15-21(25)26)17-5-3-2-4-6-17/h2-10,20H,11-16H2,1H3. The predicted octanol–water partition coefficient (Wildman–Crippen LogP) is 2.38. The average Bonchev–Trinajstić information content (AvgIpc) is 2.76. The third-order valence-electron chi connectivity index (χ3n) is 5.60. The number of ether oxygens (including phenoxy) is 1. The van der Waals surface area contributed by atoms with E-state index < -0.39 is 0 Å². The molecule has 2 heterocycles. The molecule has 2 aromatic carbocycles. The van der Waals surface area contributed by atoms with E-state index in [1.807, 2.05) is 40.1 Å². The summed E-state index contributed by atoms with van der Waals surface area (Å²) in [6.45, 7) is 3.51. The quantitative estimate of drug-likeness (QED) is 0.749. The lowest BCUT2D eigenvalue weighted by atomic mass is 9.94. The number of benzene rings is 2. The Balaban J connectivity index is 1.31. The molecule has 2 saturated heterocycles. The molecule has 2 aliphatic heterocycles. The number of amides is 2. The van der Waals surface area contributed by atoms with Crippen LogP contribution in [-0.4, -0.2) is 66.5 Å². The number of hydrogen-bond acceptors (Lipinski definition) is 4. The molecule has 0 N–H and O–H groups in total. The van der Waals surface area contributed by atoms with Crippen LogP contribution < -0.4 is 4.74 Å². The van der Waals surface area contributed by atoms with Gasteiger partial charge in [0, 0.05) is 31.7 Å². The van der Waals surface area contributed by atoms with Crippen LogP contribution in [0.1, 0.15) is 28.4 Å². The van der Waals surface area contributed by atoms with Gasteiger partial charge in [-0.05, 0) is 29.8 Å². The van der Waals surface area contributed by atoms with E-state index in [4.69, 9.17) is 4.74 Å². The lowest BCUT2D eigenvalue weighted by Crippen LogP contribution is -2.56. The molecule has 4 rings (SSSR count). The van der Waals surface area contributed by atoms with E-state index >= 15 is 0 Å². The first-order chi connectivity index (χ1) is 13.7. The van der Waals surface area contributed by atoms with Crippen molar-refractivity contribution >= 4 is 11.8 Å². The maximum atomic E-state index is 12.7. The zero-order chi connectivity index (χ0) is 19.5. The van der Waals surface area contributed by atoms with Crippen molar-refractivity contribution in [2.24, 2.45) is 0 Å². The van der Waals surface area contributed by atoms with Gasteiger partial charge in [0.25, 0.3) is 5.91 Å². The molecule has 1 atom stereocenters. The van der Waals surface area contributed by atoms with Crippen LogP contribution in [0.5, 0.6) is 5.75 Å². The predicted molar refractivity (Wildman–Crippen MR) is 106 cm³/mol. The summed E-state index contributed by atoms with van der Waals surface area (Å²) in [6, 6.07) is 17.6. The van der Waals surface area contributed by atoms with Crippen LogP contribution in [0.2, 0.25) is 0 Å². The van der Waals surface area contributed by atoms with E-state index in [1.165, 1.54) is 5.56 Å². The number of carbonyl (C=O) groups is 2. The van der Waals surface area contributed by atoms with Gasteiger partial charge in [-0.3, -0.25) is 14.5 Å². The molecule has 2 aliphatic rings. The van der Waals surface area contributed by atoms with Crippen molar-refractivity contribution in [2.75, 3.05) is 40.0 Å². The monoisotopic (exact) mass is 379 g/mol. The number of piperazine rings is 1. The molecule has 6 nitrogen and oxygen atoms in total. The van der Waals surface area contributed by atoms with Crippen LogP contribution in [0.15, 0.2) is 54.6 Å². The lowest BCUT2D eigenvalue weighted by molar-refractivity contribution is -0.150. The summed E-state index contributed by atoms with van der Waals surface area (Å²) in [6.07, 6.45) is 0.583. The smallest absolute Gasteiger partial charge is 0.253 e. The third kappa shape index (κ3) is 3.73. The van der Waals surface area contributed by atoms with Crippen LogP contribution in [-0.2, 0) is 4.79 Å². The topological polar surface area (TPSA) is 53.1 Å². The summed E-state index contributed by atoms with van der Waals surface area (Å²) in [5.41, 5.74) is 1.87. The molecule has 2 amide bonds. The second kappa shape index (κ2) is 8.02. The highest BCUT2D eigenvalue weighted by atomic mass is 16.5. The van der Waals surface area contributed by atoms with Crippen molar-refractivity contribution in [1.82, 2.24) is 14.7 Å². The summed E-state index contributed by atoms with van der Waals surface area (Å²) in [4.78, 5) is 30.9. The SMILES string of the molecule is COc1ccc(C(=O)N2CCN(CN3C(=O)CC3c3ccccc3)CC2)cc1. The van der Waals surface area contributed by atoms with E-state index in [9.17, 15) is 9.59 Å². The van der Waals surface area contributed by atoms with Crippen molar-refractivity contribution < 1.29 is 14.3 Å². The molecule has 28 heavy (non-hydrogen) atoms.